The minimum atomic E-state index is -4.34. The lowest BCUT2D eigenvalue weighted by Gasteiger charge is -2.24. The molecule has 0 fully saturated rings. The number of hydrogen-bond donors (Lipinski definition) is 2. The molecule has 6 nitrogen and oxygen atoms in total. The highest BCUT2D eigenvalue weighted by Gasteiger charge is 2.40. The zero-order valence-corrected chi connectivity index (χ0v) is 11.8. The summed E-state index contributed by atoms with van der Waals surface area (Å²) in [6, 6.07) is 7.97. The summed E-state index contributed by atoms with van der Waals surface area (Å²) in [7, 11) is -4.34. The molecule has 1 amide bonds. The molecular formula is C12H17NO5S. The Morgan fingerprint density at radius 3 is 2.32 bits per heavy atom. The molecule has 0 aliphatic rings. The first-order chi connectivity index (χ1) is 8.66. The second kappa shape index (κ2) is 5.68. The van der Waals surface area contributed by atoms with E-state index in [9.17, 15) is 18.3 Å². The molecule has 0 aliphatic carbocycles. The molecule has 106 valence electrons. The van der Waals surface area contributed by atoms with Crippen molar-refractivity contribution in [3.8, 4) is 0 Å². The van der Waals surface area contributed by atoms with Crippen LogP contribution in [0.4, 0.5) is 0 Å². The van der Waals surface area contributed by atoms with Crippen LogP contribution >= 0.6 is 0 Å². The molecular weight excluding hydrogens is 270 g/mol. The highest BCUT2D eigenvalue weighted by molar-refractivity contribution is 7.87. The van der Waals surface area contributed by atoms with Gasteiger partial charge in [-0.3, -0.25) is 8.98 Å². The summed E-state index contributed by atoms with van der Waals surface area (Å²) in [5, 5.41) is 9.40. The average molecular weight is 287 g/mol. The van der Waals surface area contributed by atoms with Gasteiger partial charge >= 0.3 is 10.1 Å². The second-order valence-electron chi connectivity index (χ2n) is 4.40. The lowest BCUT2D eigenvalue weighted by Crippen LogP contribution is -2.53. The van der Waals surface area contributed by atoms with Crippen molar-refractivity contribution in [1.82, 2.24) is 5.32 Å². The van der Waals surface area contributed by atoms with E-state index >= 15 is 0 Å². The number of carbonyl (C=O) groups excluding carboxylic acids is 1. The molecule has 1 unspecified atom stereocenters. The second-order valence-corrected chi connectivity index (χ2v) is 6.30. The first-order valence-corrected chi connectivity index (χ1v) is 7.09. The van der Waals surface area contributed by atoms with Crippen LogP contribution in [0.2, 0.25) is 0 Å². The Hall–Kier alpha value is -1.44. The van der Waals surface area contributed by atoms with Gasteiger partial charge in [-0.05, 0) is 26.0 Å². The highest BCUT2D eigenvalue weighted by atomic mass is 32.2. The van der Waals surface area contributed by atoms with Gasteiger partial charge in [0.25, 0.3) is 11.0 Å². The zero-order chi connectivity index (χ0) is 14.7. The van der Waals surface area contributed by atoms with Gasteiger partial charge in [-0.2, -0.15) is 8.42 Å². The van der Waals surface area contributed by atoms with E-state index in [4.69, 9.17) is 0 Å². The Morgan fingerprint density at radius 1 is 1.32 bits per heavy atom. The molecule has 0 heterocycles. The molecule has 0 bridgehead atoms. The van der Waals surface area contributed by atoms with E-state index in [1.165, 1.54) is 26.0 Å². The molecule has 0 spiro atoms. The molecule has 1 rings (SSSR count). The minimum absolute atomic E-state index is 0.238. The number of hydrogen-bond acceptors (Lipinski definition) is 5. The van der Waals surface area contributed by atoms with Crippen molar-refractivity contribution in [2.24, 2.45) is 0 Å². The predicted molar refractivity (Wildman–Crippen MR) is 69.7 cm³/mol. The van der Waals surface area contributed by atoms with Crippen LogP contribution in [0.25, 0.3) is 0 Å². The third-order valence-electron chi connectivity index (χ3n) is 2.19. The van der Waals surface area contributed by atoms with Crippen molar-refractivity contribution < 1.29 is 22.5 Å². The SMILES string of the molecule is CC(C)OS(=O)(=O)C(C)(O)NC(=O)c1ccccc1. The molecule has 19 heavy (non-hydrogen) atoms. The topological polar surface area (TPSA) is 92.7 Å². The number of carbonyl (C=O) groups is 1. The molecule has 0 radical (unpaired) electrons. The van der Waals surface area contributed by atoms with Gasteiger partial charge in [-0.1, -0.05) is 18.2 Å². The summed E-state index contributed by atoms with van der Waals surface area (Å²) in [5.41, 5.74) is 0.238. The normalized spacial score (nSPS) is 15.0. The lowest BCUT2D eigenvalue weighted by atomic mass is 10.2. The van der Waals surface area contributed by atoms with Gasteiger partial charge in [-0.25, -0.2) is 0 Å². The first kappa shape index (κ1) is 15.6. The van der Waals surface area contributed by atoms with Crippen LogP contribution in [0.5, 0.6) is 0 Å². The molecule has 7 heteroatoms. The van der Waals surface area contributed by atoms with Crippen LogP contribution < -0.4 is 5.32 Å². The van der Waals surface area contributed by atoms with E-state index in [-0.39, 0.29) is 5.56 Å². The van der Waals surface area contributed by atoms with Crippen molar-refractivity contribution in [2.75, 3.05) is 0 Å². The first-order valence-electron chi connectivity index (χ1n) is 5.68. The summed E-state index contributed by atoms with van der Waals surface area (Å²) < 4.78 is 28.1. The van der Waals surface area contributed by atoms with E-state index in [1.54, 1.807) is 18.2 Å². The van der Waals surface area contributed by atoms with Crippen LogP contribution in [0.15, 0.2) is 30.3 Å². The van der Waals surface area contributed by atoms with Gasteiger partial charge in [0.1, 0.15) is 0 Å². The van der Waals surface area contributed by atoms with Gasteiger partial charge in [0.05, 0.1) is 6.10 Å². The number of aliphatic hydroxyl groups is 1. The summed E-state index contributed by atoms with van der Waals surface area (Å²) >= 11 is 0. The molecule has 1 atom stereocenters. The molecule has 1 aromatic rings. The zero-order valence-electron chi connectivity index (χ0n) is 11.0. The average Bonchev–Trinajstić information content (AvgIpc) is 2.27. The van der Waals surface area contributed by atoms with E-state index in [0.29, 0.717) is 0 Å². The summed E-state index contributed by atoms with van der Waals surface area (Å²) in [4.78, 5) is 11.8. The Morgan fingerprint density at radius 2 is 1.84 bits per heavy atom. The monoisotopic (exact) mass is 287 g/mol. The summed E-state index contributed by atoms with van der Waals surface area (Å²) in [6.45, 7) is 3.96. The van der Waals surface area contributed by atoms with Crippen LogP contribution in [0.1, 0.15) is 31.1 Å². The number of benzene rings is 1. The minimum Gasteiger partial charge on any atom is -0.357 e. The van der Waals surface area contributed by atoms with Crippen LogP contribution in [0, 0.1) is 0 Å². The van der Waals surface area contributed by atoms with Gasteiger partial charge < -0.3 is 10.4 Å². The maximum atomic E-state index is 11.8. The van der Waals surface area contributed by atoms with Gasteiger partial charge in [0, 0.05) is 12.5 Å². The predicted octanol–water partition coefficient (Wildman–Crippen LogP) is 0.837. The third-order valence-corrected chi connectivity index (χ3v) is 3.90. The number of nitrogens with one attached hydrogen (secondary N) is 1. The fourth-order valence-electron chi connectivity index (χ4n) is 1.28. The fourth-order valence-corrected chi connectivity index (χ4v) is 2.19. The maximum Gasteiger partial charge on any atom is 0.317 e. The Labute approximate surface area is 112 Å². The fraction of sp³-hybridized carbons (Fsp3) is 0.417. The van der Waals surface area contributed by atoms with E-state index in [1.807, 2.05) is 5.32 Å². The van der Waals surface area contributed by atoms with Gasteiger partial charge in [-0.15, -0.1) is 0 Å². The lowest BCUT2D eigenvalue weighted by molar-refractivity contribution is 0.0614. The largest absolute Gasteiger partial charge is 0.357 e. The smallest absolute Gasteiger partial charge is 0.317 e. The summed E-state index contributed by atoms with van der Waals surface area (Å²) in [5.74, 6) is -0.707. The summed E-state index contributed by atoms with van der Waals surface area (Å²) in [6.07, 6.45) is -0.634. The highest BCUT2D eigenvalue weighted by Crippen LogP contribution is 2.15. The van der Waals surface area contributed by atoms with Crippen molar-refractivity contribution in [2.45, 2.75) is 31.9 Å². The van der Waals surface area contributed by atoms with Gasteiger partial charge in [0.2, 0.25) is 0 Å². The Bertz CT molecular complexity index is 536. The van der Waals surface area contributed by atoms with E-state index < -0.39 is 27.2 Å². The van der Waals surface area contributed by atoms with Crippen LogP contribution in [-0.4, -0.2) is 30.6 Å². The molecule has 0 saturated heterocycles. The van der Waals surface area contributed by atoms with Crippen molar-refractivity contribution >= 4 is 16.0 Å². The van der Waals surface area contributed by atoms with E-state index in [0.717, 1.165) is 6.92 Å². The standard InChI is InChI=1S/C12H17NO5S/c1-9(2)18-19(16,17)12(3,15)13-11(14)10-7-5-4-6-8-10/h4-9,15H,1-3H3,(H,13,14). The maximum absolute atomic E-state index is 11.8. The van der Waals surface area contributed by atoms with Crippen LogP contribution in [-0.2, 0) is 14.3 Å². The quantitative estimate of drug-likeness (QED) is 0.618. The van der Waals surface area contributed by atoms with Crippen molar-refractivity contribution in [3.05, 3.63) is 35.9 Å². The number of amides is 1. The number of rotatable bonds is 5. The molecule has 1 aromatic carbocycles. The molecule has 0 aromatic heterocycles. The van der Waals surface area contributed by atoms with Gasteiger partial charge in [0.15, 0.2) is 0 Å². The molecule has 2 N–H and O–H groups in total. The van der Waals surface area contributed by atoms with Crippen LogP contribution in [0.3, 0.4) is 0 Å². The Balaban J connectivity index is 2.88. The molecule has 0 saturated carbocycles. The Kier molecular flexibility index (Phi) is 4.67. The molecule has 0 aliphatic heterocycles. The van der Waals surface area contributed by atoms with Crippen molar-refractivity contribution in [1.29, 1.82) is 0 Å². The van der Waals surface area contributed by atoms with Crippen molar-refractivity contribution in [3.63, 3.8) is 0 Å². The van der Waals surface area contributed by atoms with E-state index in [2.05, 4.69) is 4.18 Å². The third kappa shape index (κ3) is 4.02.